The minimum atomic E-state index is -0.388. The van der Waals surface area contributed by atoms with Crippen molar-refractivity contribution in [1.82, 2.24) is 14.9 Å². The molecule has 3 aromatic carbocycles. The summed E-state index contributed by atoms with van der Waals surface area (Å²) in [5.74, 6) is 0.140. The molecule has 4 nitrogen and oxygen atoms in total. The second-order valence-corrected chi connectivity index (χ2v) is 7.28. The van der Waals surface area contributed by atoms with Gasteiger partial charge in [0, 0.05) is 16.1 Å². The molecular weight excluding hydrogens is 389 g/mol. The first-order chi connectivity index (χ1) is 14.0. The molecule has 1 amide bonds. The van der Waals surface area contributed by atoms with E-state index in [9.17, 15) is 9.18 Å². The molecule has 0 aliphatic carbocycles. The Kier molecular flexibility index (Phi) is 5.32. The maximum absolute atomic E-state index is 14.3. The molecule has 0 saturated heterocycles. The molecule has 4 rings (SSSR count). The SMILES string of the molecule is C[C@@H](NC(=O)c1cccc(Cl)c1)c1nc2ccccc2n1Cc1ccccc1F. The van der Waals surface area contributed by atoms with Crippen molar-refractivity contribution in [2.75, 3.05) is 0 Å². The number of para-hydroxylation sites is 2. The number of rotatable bonds is 5. The van der Waals surface area contributed by atoms with Crippen molar-refractivity contribution in [3.05, 3.63) is 101 Å². The van der Waals surface area contributed by atoms with Gasteiger partial charge in [0.2, 0.25) is 0 Å². The predicted molar refractivity (Wildman–Crippen MR) is 113 cm³/mol. The summed E-state index contributed by atoms with van der Waals surface area (Å²) >= 11 is 5.99. The Hall–Kier alpha value is -3.18. The molecule has 1 atom stereocenters. The first-order valence-electron chi connectivity index (χ1n) is 9.28. The maximum Gasteiger partial charge on any atom is 0.251 e. The number of amides is 1. The van der Waals surface area contributed by atoms with Gasteiger partial charge in [0.1, 0.15) is 11.6 Å². The second-order valence-electron chi connectivity index (χ2n) is 6.84. The van der Waals surface area contributed by atoms with Gasteiger partial charge in [-0.25, -0.2) is 9.37 Å². The zero-order valence-corrected chi connectivity index (χ0v) is 16.5. The Balaban J connectivity index is 1.69. The number of halogens is 2. The fourth-order valence-electron chi connectivity index (χ4n) is 3.36. The smallest absolute Gasteiger partial charge is 0.251 e. The third-order valence-corrected chi connectivity index (χ3v) is 5.03. The largest absolute Gasteiger partial charge is 0.342 e. The van der Waals surface area contributed by atoms with Crippen molar-refractivity contribution in [1.29, 1.82) is 0 Å². The Bertz CT molecular complexity index is 1190. The number of imidazole rings is 1. The molecule has 0 unspecified atom stereocenters. The number of carbonyl (C=O) groups is 1. The lowest BCUT2D eigenvalue weighted by molar-refractivity contribution is 0.0937. The van der Waals surface area contributed by atoms with Crippen molar-refractivity contribution in [3.63, 3.8) is 0 Å². The van der Waals surface area contributed by atoms with E-state index in [-0.39, 0.29) is 17.8 Å². The van der Waals surface area contributed by atoms with Crippen molar-refractivity contribution >= 4 is 28.5 Å². The molecule has 1 aromatic heterocycles. The van der Waals surface area contributed by atoms with E-state index >= 15 is 0 Å². The third-order valence-electron chi connectivity index (χ3n) is 4.79. The van der Waals surface area contributed by atoms with E-state index in [1.807, 2.05) is 41.8 Å². The first-order valence-corrected chi connectivity index (χ1v) is 9.66. The van der Waals surface area contributed by atoms with E-state index in [2.05, 4.69) is 5.32 Å². The highest BCUT2D eigenvalue weighted by Crippen LogP contribution is 2.23. The molecule has 0 aliphatic heterocycles. The summed E-state index contributed by atoms with van der Waals surface area (Å²) in [5.41, 5.74) is 2.71. The highest BCUT2D eigenvalue weighted by atomic mass is 35.5. The summed E-state index contributed by atoms with van der Waals surface area (Å²) in [6, 6.07) is 20.7. The van der Waals surface area contributed by atoms with Crippen LogP contribution in [0.15, 0.2) is 72.8 Å². The van der Waals surface area contributed by atoms with Crippen LogP contribution in [0.3, 0.4) is 0 Å². The van der Waals surface area contributed by atoms with Crippen LogP contribution in [0, 0.1) is 5.82 Å². The zero-order valence-electron chi connectivity index (χ0n) is 15.8. The number of nitrogens with one attached hydrogen (secondary N) is 1. The summed E-state index contributed by atoms with van der Waals surface area (Å²) in [6.45, 7) is 2.18. The van der Waals surface area contributed by atoms with Gasteiger partial charge in [0.15, 0.2) is 0 Å². The number of hydrogen-bond acceptors (Lipinski definition) is 2. The molecule has 0 bridgehead atoms. The van der Waals surface area contributed by atoms with Crippen LogP contribution < -0.4 is 5.32 Å². The topological polar surface area (TPSA) is 46.9 Å². The van der Waals surface area contributed by atoms with E-state index in [0.29, 0.717) is 28.5 Å². The van der Waals surface area contributed by atoms with E-state index in [1.54, 1.807) is 36.4 Å². The molecule has 0 saturated carbocycles. The highest BCUT2D eigenvalue weighted by Gasteiger charge is 2.20. The lowest BCUT2D eigenvalue weighted by atomic mass is 10.2. The van der Waals surface area contributed by atoms with Crippen LogP contribution >= 0.6 is 11.6 Å². The summed E-state index contributed by atoms with van der Waals surface area (Å²) in [7, 11) is 0. The standard InChI is InChI=1S/C23H19ClFN3O/c1-15(26-23(29)16-8-6-9-18(24)13-16)22-27-20-11-4-5-12-21(20)28(22)14-17-7-2-3-10-19(17)25/h2-13,15H,14H2,1H3,(H,26,29)/t15-/m1/s1. The lowest BCUT2D eigenvalue weighted by Crippen LogP contribution is -2.29. The fourth-order valence-corrected chi connectivity index (χ4v) is 3.55. The molecule has 0 radical (unpaired) electrons. The van der Waals surface area contributed by atoms with Gasteiger partial charge < -0.3 is 9.88 Å². The van der Waals surface area contributed by atoms with Crippen molar-refractivity contribution in [2.24, 2.45) is 0 Å². The van der Waals surface area contributed by atoms with E-state index in [0.717, 1.165) is 11.0 Å². The Morgan fingerprint density at radius 3 is 2.66 bits per heavy atom. The maximum atomic E-state index is 14.3. The third kappa shape index (κ3) is 4.00. The summed E-state index contributed by atoms with van der Waals surface area (Å²) in [5, 5.41) is 3.46. The van der Waals surface area contributed by atoms with Gasteiger partial charge in [-0.1, -0.05) is 48.0 Å². The van der Waals surface area contributed by atoms with Crippen molar-refractivity contribution < 1.29 is 9.18 Å². The molecular formula is C23H19ClFN3O. The van der Waals surface area contributed by atoms with Gasteiger partial charge in [-0.15, -0.1) is 0 Å². The van der Waals surface area contributed by atoms with Crippen LogP contribution in [0.5, 0.6) is 0 Å². The van der Waals surface area contributed by atoms with Crippen molar-refractivity contribution in [2.45, 2.75) is 19.5 Å². The average molecular weight is 408 g/mol. The van der Waals surface area contributed by atoms with Crippen molar-refractivity contribution in [3.8, 4) is 0 Å². The van der Waals surface area contributed by atoms with Crippen LogP contribution in [0.2, 0.25) is 5.02 Å². The number of benzene rings is 3. The van der Waals surface area contributed by atoms with Crippen LogP contribution in [-0.2, 0) is 6.54 Å². The van der Waals surface area contributed by atoms with E-state index in [4.69, 9.17) is 16.6 Å². The van der Waals surface area contributed by atoms with Gasteiger partial charge in [-0.05, 0) is 43.3 Å². The molecule has 146 valence electrons. The quantitative estimate of drug-likeness (QED) is 0.483. The summed E-state index contributed by atoms with van der Waals surface area (Å²) < 4.78 is 16.2. The number of aromatic nitrogens is 2. The number of fused-ring (bicyclic) bond motifs is 1. The Morgan fingerprint density at radius 1 is 1.10 bits per heavy atom. The zero-order chi connectivity index (χ0) is 20.4. The molecule has 0 aliphatic rings. The van der Waals surface area contributed by atoms with E-state index in [1.165, 1.54) is 6.07 Å². The average Bonchev–Trinajstić information content (AvgIpc) is 3.08. The summed E-state index contributed by atoms with van der Waals surface area (Å²) in [6.07, 6.45) is 0. The van der Waals surface area contributed by atoms with Crippen LogP contribution in [0.25, 0.3) is 11.0 Å². The molecule has 6 heteroatoms. The summed E-state index contributed by atoms with van der Waals surface area (Å²) in [4.78, 5) is 17.4. The van der Waals surface area contributed by atoms with E-state index < -0.39 is 0 Å². The number of nitrogens with zero attached hydrogens (tertiary/aromatic N) is 2. The van der Waals surface area contributed by atoms with Crippen LogP contribution in [0.4, 0.5) is 4.39 Å². The predicted octanol–water partition coefficient (Wildman–Crippen LogP) is 5.37. The Morgan fingerprint density at radius 2 is 1.86 bits per heavy atom. The molecule has 4 aromatic rings. The molecule has 1 heterocycles. The molecule has 0 fully saturated rings. The van der Waals surface area contributed by atoms with Crippen LogP contribution in [-0.4, -0.2) is 15.5 Å². The monoisotopic (exact) mass is 407 g/mol. The van der Waals surface area contributed by atoms with Gasteiger partial charge in [-0.3, -0.25) is 4.79 Å². The van der Waals surface area contributed by atoms with Gasteiger partial charge in [0.25, 0.3) is 5.91 Å². The molecule has 1 N–H and O–H groups in total. The minimum absolute atomic E-state index is 0.246. The molecule has 0 spiro atoms. The number of hydrogen-bond donors (Lipinski definition) is 1. The lowest BCUT2D eigenvalue weighted by Gasteiger charge is -2.17. The minimum Gasteiger partial charge on any atom is -0.342 e. The fraction of sp³-hybridized carbons (Fsp3) is 0.130. The van der Waals surface area contributed by atoms with Gasteiger partial charge >= 0.3 is 0 Å². The van der Waals surface area contributed by atoms with Crippen LogP contribution in [0.1, 0.15) is 34.7 Å². The van der Waals surface area contributed by atoms with Gasteiger partial charge in [-0.2, -0.15) is 0 Å². The van der Waals surface area contributed by atoms with Gasteiger partial charge in [0.05, 0.1) is 23.6 Å². The number of carbonyl (C=O) groups excluding carboxylic acids is 1. The first kappa shape index (κ1) is 19.2. The Labute approximate surface area is 173 Å². The second kappa shape index (κ2) is 8.05. The normalized spacial score (nSPS) is 12.1. The molecule has 29 heavy (non-hydrogen) atoms. The highest BCUT2D eigenvalue weighted by molar-refractivity contribution is 6.30.